The smallest absolute Gasteiger partial charge is 0.233 e. The van der Waals surface area contributed by atoms with Crippen LogP contribution in [0.3, 0.4) is 0 Å². The Morgan fingerprint density at radius 2 is 2.14 bits per heavy atom. The summed E-state index contributed by atoms with van der Waals surface area (Å²) in [7, 11) is 0. The van der Waals surface area contributed by atoms with Gasteiger partial charge in [0.05, 0.1) is 28.6 Å². The molecule has 0 aliphatic heterocycles. The van der Waals surface area contributed by atoms with Gasteiger partial charge in [0.25, 0.3) is 0 Å². The number of anilines is 2. The maximum Gasteiger partial charge on any atom is 0.233 e. The summed E-state index contributed by atoms with van der Waals surface area (Å²) >= 11 is 6.29. The predicted molar refractivity (Wildman–Crippen MR) is 90.5 cm³/mol. The second-order valence-corrected chi connectivity index (χ2v) is 5.78. The third-order valence-electron chi connectivity index (χ3n) is 3.19. The number of halogens is 1. The molecule has 0 spiro atoms. The lowest BCUT2D eigenvalue weighted by molar-refractivity contribution is 0.899. The molecular weight excluding hydrogens is 298 g/mol. The van der Waals surface area contributed by atoms with Gasteiger partial charge in [-0.25, -0.2) is 9.97 Å². The number of rotatable bonds is 5. The summed E-state index contributed by atoms with van der Waals surface area (Å²) in [6, 6.07) is 8.01. The number of para-hydroxylation sites is 1. The Morgan fingerprint density at radius 1 is 1.27 bits per heavy atom. The molecule has 2 heterocycles. The van der Waals surface area contributed by atoms with E-state index in [2.05, 4.69) is 34.4 Å². The van der Waals surface area contributed by atoms with Crippen LogP contribution in [-0.2, 0) is 6.54 Å². The summed E-state index contributed by atoms with van der Waals surface area (Å²) in [4.78, 5) is 8.70. The van der Waals surface area contributed by atoms with Crippen molar-refractivity contribution in [2.45, 2.75) is 26.4 Å². The minimum atomic E-state index is 0.305. The zero-order valence-electron chi connectivity index (χ0n) is 12.5. The molecule has 0 aliphatic rings. The normalized spacial score (nSPS) is 11.1. The van der Waals surface area contributed by atoms with Crippen LogP contribution in [0.4, 0.5) is 11.4 Å². The maximum atomic E-state index is 6.29. The molecule has 0 radical (unpaired) electrons. The van der Waals surface area contributed by atoms with E-state index in [4.69, 9.17) is 11.6 Å². The van der Waals surface area contributed by atoms with Crippen molar-refractivity contribution in [1.29, 1.82) is 0 Å². The lowest BCUT2D eigenvalue weighted by Crippen LogP contribution is -2.12. The van der Waals surface area contributed by atoms with Crippen molar-refractivity contribution in [3.8, 4) is 0 Å². The van der Waals surface area contributed by atoms with Crippen LogP contribution in [0.15, 0.2) is 42.9 Å². The Labute approximate surface area is 134 Å². The molecule has 0 saturated carbocycles. The summed E-state index contributed by atoms with van der Waals surface area (Å²) in [5.41, 5.74) is 2.81. The molecule has 3 rings (SSSR count). The van der Waals surface area contributed by atoms with Crippen LogP contribution < -0.4 is 10.6 Å². The van der Waals surface area contributed by atoms with E-state index in [1.165, 1.54) is 0 Å². The second-order valence-electron chi connectivity index (χ2n) is 5.37. The van der Waals surface area contributed by atoms with Gasteiger partial charge in [0.1, 0.15) is 0 Å². The second kappa shape index (κ2) is 6.23. The summed E-state index contributed by atoms with van der Waals surface area (Å²) in [6.07, 6.45) is 5.64. The van der Waals surface area contributed by atoms with Crippen LogP contribution in [0.2, 0.25) is 5.02 Å². The van der Waals surface area contributed by atoms with Crippen LogP contribution in [0, 0.1) is 0 Å². The first-order valence-electron chi connectivity index (χ1n) is 7.21. The summed E-state index contributed by atoms with van der Waals surface area (Å²) in [6.45, 7) is 4.78. The van der Waals surface area contributed by atoms with Crippen molar-refractivity contribution in [1.82, 2.24) is 14.4 Å². The van der Waals surface area contributed by atoms with E-state index in [1.54, 1.807) is 6.20 Å². The number of nitrogens with zero attached hydrogens (tertiary/aromatic N) is 3. The SMILES string of the molecule is CC(C)Nc1c(Cl)cccc1NCc1cn2cccnc2n1. The van der Waals surface area contributed by atoms with Crippen LogP contribution in [0.5, 0.6) is 0 Å². The van der Waals surface area contributed by atoms with Crippen molar-refractivity contribution in [3.05, 3.63) is 53.6 Å². The van der Waals surface area contributed by atoms with E-state index in [9.17, 15) is 0 Å². The van der Waals surface area contributed by atoms with Gasteiger partial charge < -0.3 is 10.6 Å². The fourth-order valence-corrected chi connectivity index (χ4v) is 2.49. The van der Waals surface area contributed by atoms with E-state index in [0.717, 1.165) is 17.1 Å². The van der Waals surface area contributed by atoms with Crippen molar-refractivity contribution in [2.24, 2.45) is 0 Å². The zero-order chi connectivity index (χ0) is 15.5. The maximum absolute atomic E-state index is 6.29. The Balaban J connectivity index is 1.79. The Kier molecular flexibility index (Phi) is 4.15. The largest absolute Gasteiger partial charge is 0.380 e. The van der Waals surface area contributed by atoms with Crippen molar-refractivity contribution >= 4 is 28.8 Å². The van der Waals surface area contributed by atoms with Gasteiger partial charge in [0.15, 0.2) is 0 Å². The monoisotopic (exact) mass is 315 g/mol. The van der Waals surface area contributed by atoms with E-state index in [1.807, 2.05) is 41.1 Å². The van der Waals surface area contributed by atoms with Gasteiger partial charge in [-0.3, -0.25) is 4.40 Å². The van der Waals surface area contributed by atoms with Gasteiger partial charge in [0.2, 0.25) is 5.78 Å². The topological polar surface area (TPSA) is 54.2 Å². The third-order valence-corrected chi connectivity index (χ3v) is 3.51. The van der Waals surface area contributed by atoms with Gasteiger partial charge in [0, 0.05) is 24.6 Å². The summed E-state index contributed by atoms with van der Waals surface area (Å²) in [5, 5.41) is 7.46. The fraction of sp³-hybridized carbons (Fsp3) is 0.250. The third kappa shape index (κ3) is 3.14. The number of nitrogens with one attached hydrogen (secondary N) is 2. The number of imidazole rings is 1. The van der Waals surface area contributed by atoms with Gasteiger partial charge in [-0.2, -0.15) is 0 Å². The van der Waals surface area contributed by atoms with Gasteiger partial charge in [-0.1, -0.05) is 17.7 Å². The standard InChI is InChI=1S/C16H18ClN5/c1-11(2)20-15-13(17)5-3-6-14(15)19-9-12-10-22-8-4-7-18-16(22)21-12/h3-8,10-11,19-20H,9H2,1-2H3. The molecular formula is C16H18ClN5. The summed E-state index contributed by atoms with van der Waals surface area (Å²) < 4.78 is 1.91. The van der Waals surface area contributed by atoms with Crippen LogP contribution in [0.1, 0.15) is 19.5 Å². The molecule has 0 saturated heterocycles. The molecule has 6 heteroatoms. The molecule has 0 unspecified atom stereocenters. The van der Waals surface area contributed by atoms with Gasteiger partial charge in [-0.05, 0) is 32.0 Å². The number of hydrogen-bond donors (Lipinski definition) is 2. The molecule has 1 aromatic carbocycles. The number of benzene rings is 1. The molecule has 0 fully saturated rings. The van der Waals surface area contributed by atoms with Crippen LogP contribution >= 0.6 is 11.6 Å². The van der Waals surface area contributed by atoms with E-state index < -0.39 is 0 Å². The first kappa shape index (κ1) is 14.7. The molecule has 5 nitrogen and oxygen atoms in total. The highest BCUT2D eigenvalue weighted by atomic mass is 35.5. The lowest BCUT2D eigenvalue weighted by atomic mass is 10.2. The molecule has 3 aromatic rings. The Bertz CT molecular complexity index is 748. The minimum Gasteiger partial charge on any atom is -0.380 e. The van der Waals surface area contributed by atoms with Crippen molar-refractivity contribution in [2.75, 3.05) is 10.6 Å². The number of aromatic nitrogens is 3. The first-order chi connectivity index (χ1) is 10.6. The van der Waals surface area contributed by atoms with Gasteiger partial charge in [-0.15, -0.1) is 0 Å². The zero-order valence-corrected chi connectivity index (χ0v) is 13.3. The highest BCUT2D eigenvalue weighted by molar-refractivity contribution is 6.34. The van der Waals surface area contributed by atoms with Crippen LogP contribution in [-0.4, -0.2) is 20.4 Å². The molecule has 0 amide bonds. The predicted octanol–water partition coefficient (Wildman–Crippen LogP) is 3.82. The van der Waals surface area contributed by atoms with Crippen molar-refractivity contribution in [3.63, 3.8) is 0 Å². The first-order valence-corrected chi connectivity index (χ1v) is 7.59. The minimum absolute atomic E-state index is 0.305. The molecule has 114 valence electrons. The van der Waals surface area contributed by atoms with Crippen molar-refractivity contribution < 1.29 is 0 Å². The highest BCUT2D eigenvalue weighted by Gasteiger charge is 2.09. The van der Waals surface area contributed by atoms with E-state index >= 15 is 0 Å². The Morgan fingerprint density at radius 3 is 2.91 bits per heavy atom. The number of hydrogen-bond acceptors (Lipinski definition) is 4. The molecule has 2 aromatic heterocycles. The molecule has 2 N–H and O–H groups in total. The molecule has 0 atom stereocenters. The van der Waals surface area contributed by atoms with E-state index in [0.29, 0.717) is 23.4 Å². The number of fused-ring (bicyclic) bond motifs is 1. The Hall–Kier alpha value is -2.27. The molecule has 0 bridgehead atoms. The molecule has 0 aliphatic carbocycles. The van der Waals surface area contributed by atoms with E-state index in [-0.39, 0.29) is 0 Å². The average Bonchev–Trinajstić information content (AvgIpc) is 2.90. The highest BCUT2D eigenvalue weighted by Crippen LogP contribution is 2.31. The quantitative estimate of drug-likeness (QED) is 0.751. The molecule has 22 heavy (non-hydrogen) atoms. The average molecular weight is 316 g/mol. The fourth-order valence-electron chi connectivity index (χ4n) is 2.26. The van der Waals surface area contributed by atoms with Gasteiger partial charge >= 0.3 is 0 Å². The van der Waals surface area contributed by atoms with Crippen LogP contribution in [0.25, 0.3) is 5.78 Å². The lowest BCUT2D eigenvalue weighted by Gasteiger charge is -2.17. The summed E-state index contributed by atoms with van der Waals surface area (Å²) in [5.74, 6) is 0.700.